The van der Waals surface area contributed by atoms with E-state index < -0.39 is 5.41 Å². The molecule has 1 N–H and O–H groups in total. The molecule has 1 aliphatic heterocycles. The van der Waals surface area contributed by atoms with Gasteiger partial charge in [-0.1, -0.05) is 54.6 Å². The second-order valence-electron chi connectivity index (χ2n) is 11.1. The predicted molar refractivity (Wildman–Crippen MR) is 156 cm³/mol. The first kappa shape index (κ1) is 27.5. The molecule has 1 fully saturated rings. The number of anilines is 1. The van der Waals surface area contributed by atoms with Gasteiger partial charge in [0.15, 0.2) is 0 Å². The molecule has 0 unspecified atom stereocenters. The Bertz CT molecular complexity index is 1220. The van der Waals surface area contributed by atoms with Crippen LogP contribution in [0.5, 0.6) is 5.75 Å². The number of likely N-dealkylation sites (N-methyl/N-ethyl adjacent to an activating group) is 1. The fourth-order valence-electron chi connectivity index (χ4n) is 4.73. The van der Waals surface area contributed by atoms with Crippen molar-refractivity contribution in [1.82, 2.24) is 4.90 Å². The fourth-order valence-corrected chi connectivity index (χ4v) is 4.73. The van der Waals surface area contributed by atoms with E-state index in [2.05, 4.69) is 65.4 Å². The van der Waals surface area contributed by atoms with Crippen LogP contribution in [-0.2, 0) is 9.53 Å². The summed E-state index contributed by atoms with van der Waals surface area (Å²) in [6.45, 7) is 10.2. The van der Waals surface area contributed by atoms with Gasteiger partial charge >= 0.3 is 5.97 Å². The maximum atomic E-state index is 12.3. The summed E-state index contributed by atoms with van der Waals surface area (Å²) in [5.41, 5.74) is 6.35. The van der Waals surface area contributed by atoms with Gasteiger partial charge in [-0.2, -0.15) is 0 Å². The SMILES string of the molecule is CN1CCN(c2ccc(C(=C(CCCOC(=O)C(C)(C)C)c3ccccc3)c3ccc(O)cc3)cc2)CC1. The molecule has 0 aromatic heterocycles. The summed E-state index contributed by atoms with van der Waals surface area (Å²) >= 11 is 0. The molecule has 5 nitrogen and oxygen atoms in total. The van der Waals surface area contributed by atoms with Gasteiger partial charge in [0.25, 0.3) is 0 Å². The molecule has 3 aromatic carbocycles. The number of carbonyl (C=O) groups excluding carboxylic acids is 1. The van der Waals surface area contributed by atoms with E-state index in [4.69, 9.17) is 4.74 Å². The Morgan fingerprint density at radius 1 is 0.816 bits per heavy atom. The first-order valence-electron chi connectivity index (χ1n) is 13.5. The third kappa shape index (κ3) is 7.05. The lowest BCUT2D eigenvalue weighted by atomic mass is 9.87. The number of hydrogen-bond acceptors (Lipinski definition) is 5. The molecule has 4 rings (SSSR count). The molecule has 0 aliphatic carbocycles. The fraction of sp³-hybridized carbons (Fsp3) is 0.364. The average Bonchev–Trinajstić information content (AvgIpc) is 2.92. The molecule has 1 aliphatic rings. The predicted octanol–water partition coefficient (Wildman–Crippen LogP) is 6.47. The maximum Gasteiger partial charge on any atom is 0.311 e. The lowest BCUT2D eigenvalue weighted by Crippen LogP contribution is -2.44. The molecular formula is C33H40N2O3. The Morgan fingerprint density at radius 2 is 1.39 bits per heavy atom. The molecule has 38 heavy (non-hydrogen) atoms. The molecule has 0 atom stereocenters. The van der Waals surface area contributed by atoms with Gasteiger partial charge in [-0.05, 0) is 92.8 Å². The second-order valence-corrected chi connectivity index (χ2v) is 11.1. The summed E-state index contributed by atoms with van der Waals surface area (Å²) in [6, 6.07) is 26.7. The number of ether oxygens (including phenoxy) is 1. The van der Waals surface area contributed by atoms with Crippen LogP contribution in [0, 0.1) is 5.41 Å². The normalized spacial score (nSPS) is 15.2. The number of nitrogens with zero attached hydrogens (tertiary/aromatic N) is 2. The zero-order chi connectivity index (χ0) is 27.1. The number of benzene rings is 3. The number of carbonyl (C=O) groups is 1. The van der Waals surface area contributed by atoms with Crippen molar-refractivity contribution in [1.29, 1.82) is 0 Å². The third-order valence-corrected chi connectivity index (χ3v) is 7.02. The van der Waals surface area contributed by atoms with Crippen LogP contribution < -0.4 is 4.90 Å². The monoisotopic (exact) mass is 512 g/mol. The van der Waals surface area contributed by atoms with E-state index in [9.17, 15) is 9.90 Å². The number of hydrogen-bond donors (Lipinski definition) is 1. The molecular weight excluding hydrogens is 472 g/mol. The molecule has 200 valence electrons. The number of aromatic hydroxyl groups is 1. The van der Waals surface area contributed by atoms with E-state index in [0.717, 1.165) is 54.9 Å². The van der Waals surface area contributed by atoms with E-state index in [1.165, 1.54) is 11.3 Å². The van der Waals surface area contributed by atoms with Gasteiger partial charge in [-0.3, -0.25) is 4.79 Å². The van der Waals surface area contributed by atoms with E-state index in [0.29, 0.717) is 13.0 Å². The molecule has 1 heterocycles. The van der Waals surface area contributed by atoms with Crippen molar-refractivity contribution in [3.05, 3.63) is 95.6 Å². The highest BCUT2D eigenvalue weighted by atomic mass is 16.5. The van der Waals surface area contributed by atoms with E-state index in [1.807, 2.05) is 39.0 Å². The van der Waals surface area contributed by atoms with Crippen LogP contribution in [0.4, 0.5) is 5.69 Å². The molecule has 0 radical (unpaired) electrons. The number of piperazine rings is 1. The Kier molecular flexibility index (Phi) is 8.90. The van der Waals surface area contributed by atoms with Gasteiger partial charge in [0.2, 0.25) is 0 Å². The Balaban J connectivity index is 1.70. The van der Waals surface area contributed by atoms with E-state index in [-0.39, 0.29) is 11.7 Å². The molecule has 0 saturated carbocycles. The van der Waals surface area contributed by atoms with Gasteiger partial charge in [0, 0.05) is 31.9 Å². The first-order valence-corrected chi connectivity index (χ1v) is 13.5. The first-order chi connectivity index (χ1) is 18.2. The summed E-state index contributed by atoms with van der Waals surface area (Å²) in [4.78, 5) is 17.1. The minimum absolute atomic E-state index is 0.180. The number of phenolic OH excluding ortho intramolecular Hbond substituents is 1. The molecule has 0 spiro atoms. The summed E-state index contributed by atoms with van der Waals surface area (Å²) < 4.78 is 5.59. The highest BCUT2D eigenvalue weighted by Gasteiger charge is 2.23. The van der Waals surface area contributed by atoms with Crippen LogP contribution in [0.2, 0.25) is 0 Å². The quantitative estimate of drug-likeness (QED) is 0.213. The van der Waals surface area contributed by atoms with Crippen molar-refractivity contribution in [2.75, 3.05) is 44.7 Å². The van der Waals surface area contributed by atoms with Crippen LogP contribution in [0.3, 0.4) is 0 Å². The zero-order valence-electron chi connectivity index (χ0n) is 23.1. The Hall–Kier alpha value is -3.57. The van der Waals surface area contributed by atoms with Crippen LogP contribution >= 0.6 is 0 Å². The van der Waals surface area contributed by atoms with Gasteiger partial charge in [0.1, 0.15) is 5.75 Å². The van der Waals surface area contributed by atoms with Crippen molar-refractivity contribution in [2.24, 2.45) is 5.41 Å². The Morgan fingerprint density at radius 3 is 1.97 bits per heavy atom. The van der Waals surface area contributed by atoms with Crippen LogP contribution in [0.15, 0.2) is 78.9 Å². The third-order valence-electron chi connectivity index (χ3n) is 7.02. The maximum absolute atomic E-state index is 12.3. The smallest absolute Gasteiger partial charge is 0.311 e. The van der Waals surface area contributed by atoms with Crippen molar-refractivity contribution >= 4 is 22.8 Å². The van der Waals surface area contributed by atoms with Gasteiger partial charge in [0.05, 0.1) is 12.0 Å². The molecule has 5 heteroatoms. The summed E-state index contributed by atoms with van der Waals surface area (Å²) in [7, 11) is 2.17. The zero-order valence-corrected chi connectivity index (χ0v) is 23.1. The number of phenols is 1. The van der Waals surface area contributed by atoms with Crippen molar-refractivity contribution < 1.29 is 14.6 Å². The van der Waals surface area contributed by atoms with Crippen LogP contribution in [0.1, 0.15) is 50.3 Å². The molecule has 1 saturated heterocycles. The summed E-state index contributed by atoms with van der Waals surface area (Å²) in [6.07, 6.45) is 1.46. The standard InChI is InChI=1S/C33H40N2O3/c1-33(2,3)32(37)38-24-8-11-30(25-9-6-5-7-10-25)31(27-14-18-29(36)19-15-27)26-12-16-28(17-13-26)35-22-20-34(4)21-23-35/h5-7,9-10,12-19,36H,8,11,20-24H2,1-4H3. The molecule has 0 bridgehead atoms. The highest BCUT2D eigenvalue weighted by molar-refractivity contribution is 5.98. The topological polar surface area (TPSA) is 53.0 Å². The van der Waals surface area contributed by atoms with Crippen LogP contribution in [0.25, 0.3) is 11.1 Å². The Labute approximate surface area is 227 Å². The lowest BCUT2D eigenvalue weighted by molar-refractivity contribution is -0.152. The highest BCUT2D eigenvalue weighted by Crippen LogP contribution is 2.36. The molecule has 0 amide bonds. The van der Waals surface area contributed by atoms with Crippen LogP contribution in [-0.4, -0.2) is 55.8 Å². The molecule has 3 aromatic rings. The summed E-state index contributed by atoms with van der Waals surface area (Å²) in [5, 5.41) is 9.98. The van der Waals surface area contributed by atoms with Gasteiger partial charge in [-0.15, -0.1) is 0 Å². The lowest BCUT2D eigenvalue weighted by Gasteiger charge is -2.34. The minimum atomic E-state index is -0.513. The van der Waals surface area contributed by atoms with Crippen molar-refractivity contribution in [2.45, 2.75) is 33.6 Å². The number of allylic oxidation sites excluding steroid dienone is 1. The van der Waals surface area contributed by atoms with E-state index >= 15 is 0 Å². The van der Waals surface area contributed by atoms with E-state index in [1.54, 1.807) is 12.1 Å². The number of rotatable bonds is 8. The van der Waals surface area contributed by atoms with Crippen molar-refractivity contribution in [3.63, 3.8) is 0 Å². The second kappa shape index (κ2) is 12.3. The summed E-state index contributed by atoms with van der Waals surface area (Å²) in [5.74, 6) is 0.0647. The van der Waals surface area contributed by atoms with Crippen molar-refractivity contribution in [3.8, 4) is 5.75 Å². The van der Waals surface area contributed by atoms with Gasteiger partial charge < -0.3 is 19.6 Å². The van der Waals surface area contributed by atoms with Gasteiger partial charge in [-0.25, -0.2) is 0 Å². The average molecular weight is 513 g/mol. The largest absolute Gasteiger partial charge is 0.508 e. The number of esters is 1. The minimum Gasteiger partial charge on any atom is -0.508 e.